The number of hydrogen-bond acceptors (Lipinski definition) is 4. The summed E-state index contributed by atoms with van der Waals surface area (Å²) < 4.78 is 5.19. The van der Waals surface area contributed by atoms with Gasteiger partial charge in [0, 0.05) is 25.5 Å². The van der Waals surface area contributed by atoms with Crippen molar-refractivity contribution in [3.8, 4) is 5.75 Å². The summed E-state index contributed by atoms with van der Waals surface area (Å²) >= 11 is 1.69. The van der Waals surface area contributed by atoms with Crippen LogP contribution in [-0.4, -0.2) is 43.1 Å². The fourth-order valence-corrected chi connectivity index (χ4v) is 3.29. The summed E-state index contributed by atoms with van der Waals surface area (Å²) in [4.78, 5) is 11.4. The molecule has 0 aliphatic heterocycles. The number of benzene rings is 1. The molecule has 0 aliphatic rings. The molecule has 0 amide bonds. The highest BCUT2D eigenvalue weighted by molar-refractivity contribution is 7.09. The molecule has 0 saturated heterocycles. The average molecular weight is 375 g/mol. The zero-order valence-electron chi connectivity index (χ0n) is 16.3. The number of aryl methyl sites for hydroxylation is 2. The minimum Gasteiger partial charge on any atom is -0.497 e. The lowest BCUT2D eigenvalue weighted by molar-refractivity contribution is 0.414. The normalized spacial score (nSPS) is 11.5. The van der Waals surface area contributed by atoms with E-state index in [1.165, 1.54) is 5.56 Å². The van der Waals surface area contributed by atoms with Crippen LogP contribution in [0.2, 0.25) is 0 Å². The fraction of sp³-hybridized carbons (Fsp3) is 0.500. The lowest BCUT2D eigenvalue weighted by Gasteiger charge is -2.21. The first-order valence-corrected chi connectivity index (χ1v) is 10.0. The van der Waals surface area contributed by atoms with Crippen LogP contribution in [0, 0.1) is 6.92 Å². The Balaban J connectivity index is 1.78. The van der Waals surface area contributed by atoms with Crippen LogP contribution < -0.4 is 10.1 Å². The van der Waals surface area contributed by atoms with Crippen molar-refractivity contribution in [3.63, 3.8) is 0 Å². The number of hydrogen-bond donors (Lipinski definition) is 1. The fourth-order valence-electron chi connectivity index (χ4n) is 2.69. The van der Waals surface area contributed by atoms with E-state index in [1.54, 1.807) is 18.4 Å². The predicted octanol–water partition coefficient (Wildman–Crippen LogP) is 3.88. The largest absolute Gasteiger partial charge is 0.497 e. The van der Waals surface area contributed by atoms with Crippen LogP contribution >= 0.6 is 11.3 Å². The van der Waals surface area contributed by atoms with Crippen LogP contribution in [0.25, 0.3) is 0 Å². The lowest BCUT2D eigenvalue weighted by Crippen LogP contribution is -2.38. The van der Waals surface area contributed by atoms with Gasteiger partial charge in [-0.05, 0) is 50.8 Å². The first-order valence-electron chi connectivity index (χ1n) is 9.15. The molecule has 1 N–H and O–H groups in total. The van der Waals surface area contributed by atoms with Crippen LogP contribution in [0.4, 0.5) is 0 Å². The summed E-state index contributed by atoms with van der Waals surface area (Å²) in [5.41, 5.74) is 2.44. The standard InChI is InChI=1S/C20H30N4OS/c1-5-21-20(24(3)14-18-15-26-16(2)23-18)22-13-7-6-8-17-9-11-19(25-4)12-10-17/h9-12,15H,5-8,13-14H2,1-4H3,(H,21,22). The number of nitrogens with one attached hydrogen (secondary N) is 1. The molecule has 5 nitrogen and oxygen atoms in total. The van der Waals surface area contributed by atoms with Gasteiger partial charge in [0.1, 0.15) is 5.75 Å². The molecule has 6 heteroatoms. The number of aliphatic imine (C=N–C) groups is 1. The van der Waals surface area contributed by atoms with Crippen molar-refractivity contribution in [1.82, 2.24) is 15.2 Å². The second kappa shape index (κ2) is 10.8. The van der Waals surface area contributed by atoms with Gasteiger partial charge >= 0.3 is 0 Å². The van der Waals surface area contributed by atoms with E-state index in [1.807, 2.05) is 19.1 Å². The van der Waals surface area contributed by atoms with Crippen LogP contribution in [0.3, 0.4) is 0 Å². The predicted molar refractivity (Wildman–Crippen MR) is 110 cm³/mol. The average Bonchev–Trinajstić information content (AvgIpc) is 3.05. The summed E-state index contributed by atoms with van der Waals surface area (Å²) in [5, 5.41) is 6.59. The monoisotopic (exact) mass is 374 g/mol. The minimum absolute atomic E-state index is 0.780. The zero-order chi connectivity index (χ0) is 18.8. The number of nitrogens with zero attached hydrogens (tertiary/aromatic N) is 3. The molecule has 0 aliphatic carbocycles. The van der Waals surface area contributed by atoms with Crippen molar-refractivity contribution in [2.75, 3.05) is 27.2 Å². The third-order valence-corrected chi connectivity index (χ3v) is 4.88. The molecule has 0 spiro atoms. The van der Waals surface area contributed by atoms with Crippen molar-refractivity contribution in [2.45, 2.75) is 39.7 Å². The molecule has 0 fully saturated rings. The quantitative estimate of drug-likeness (QED) is 0.411. The molecular weight excluding hydrogens is 344 g/mol. The molecule has 2 rings (SSSR count). The second-order valence-corrected chi connectivity index (χ2v) is 7.32. The van der Waals surface area contributed by atoms with E-state index in [0.29, 0.717) is 0 Å². The van der Waals surface area contributed by atoms with Gasteiger partial charge in [-0.25, -0.2) is 4.98 Å². The third kappa shape index (κ3) is 6.67. The topological polar surface area (TPSA) is 49.8 Å². The van der Waals surface area contributed by atoms with E-state index < -0.39 is 0 Å². The molecule has 142 valence electrons. The lowest BCUT2D eigenvalue weighted by atomic mass is 10.1. The van der Waals surface area contributed by atoms with Gasteiger partial charge in [-0.15, -0.1) is 11.3 Å². The molecule has 0 saturated carbocycles. The smallest absolute Gasteiger partial charge is 0.194 e. The van der Waals surface area contributed by atoms with E-state index in [2.05, 4.69) is 46.7 Å². The van der Waals surface area contributed by atoms with Crippen LogP contribution in [0.5, 0.6) is 5.75 Å². The molecule has 1 aromatic carbocycles. The van der Waals surface area contributed by atoms with Crippen molar-refractivity contribution in [2.24, 2.45) is 4.99 Å². The van der Waals surface area contributed by atoms with Gasteiger partial charge in [0.05, 0.1) is 24.4 Å². The molecule has 0 unspecified atom stereocenters. The highest BCUT2D eigenvalue weighted by Gasteiger charge is 2.08. The maximum atomic E-state index is 5.19. The Bertz CT molecular complexity index is 681. The Morgan fingerprint density at radius 2 is 2.04 bits per heavy atom. The SMILES string of the molecule is CCNC(=NCCCCc1ccc(OC)cc1)N(C)Cc1csc(C)n1. The highest BCUT2D eigenvalue weighted by atomic mass is 32.1. The number of rotatable bonds is 9. The molecule has 0 atom stereocenters. The van der Waals surface area contributed by atoms with E-state index in [-0.39, 0.29) is 0 Å². The Kier molecular flexibility index (Phi) is 8.41. The van der Waals surface area contributed by atoms with Crippen molar-refractivity contribution in [1.29, 1.82) is 0 Å². The van der Waals surface area contributed by atoms with E-state index >= 15 is 0 Å². The highest BCUT2D eigenvalue weighted by Crippen LogP contribution is 2.13. The van der Waals surface area contributed by atoms with Crippen molar-refractivity contribution >= 4 is 17.3 Å². The van der Waals surface area contributed by atoms with Gasteiger partial charge in [0.25, 0.3) is 0 Å². The van der Waals surface area contributed by atoms with Gasteiger partial charge in [0.2, 0.25) is 0 Å². The maximum Gasteiger partial charge on any atom is 0.194 e. The molecule has 2 aromatic rings. The number of aromatic nitrogens is 1. The van der Waals surface area contributed by atoms with Crippen LogP contribution in [-0.2, 0) is 13.0 Å². The van der Waals surface area contributed by atoms with Crippen LogP contribution in [0.15, 0.2) is 34.6 Å². The summed E-state index contributed by atoms with van der Waals surface area (Å²) in [6, 6.07) is 8.31. The molecule has 0 bridgehead atoms. The Morgan fingerprint density at radius 1 is 1.27 bits per heavy atom. The summed E-state index contributed by atoms with van der Waals surface area (Å²) in [7, 11) is 3.76. The summed E-state index contributed by atoms with van der Waals surface area (Å²) in [6.45, 7) is 6.61. The van der Waals surface area contributed by atoms with E-state index in [4.69, 9.17) is 9.73 Å². The van der Waals surface area contributed by atoms with Gasteiger partial charge in [0.15, 0.2) is 5.96 Å². The van der Waals surface area contributed by atoms with Gasteiger partial charge in [-0.1, -0.05) is 12.1 Å². The Hall–Kier alpha value is -2.08. The second-order valence-electron chi connectivity index (χ2n) is 6.25. The Labute approximate surface area is 161 Å². The first kappa shape index (κ1) is 20.2. The molecule has 1 heterocycles. The van der Waals surface area contributed by atoms with Gasteiger partial charge in [-0.3, -0.25) is 4.99 Å². The minimum atomic E-state index is 0.780. The number of unbranched alkanes of at least 4 members (excludes halogenated alkanes) is 1. The molecule has 1 aromatic heterocycles. The van der Waals surface area contributed by atoms with Crippen molar-refractivity contribution < 1.29 is 4.74 Å². The first-order chi connectivity index (χ1) is 12.6. The molecular formula is C20H30N4OS. The zero-order valence-corrected chi connectivity index (χ0v) is 17.1. The molecule has 26 heavy (non-hydrogen) atoms. The number of methoxy groups -OCH3 is 1. The number of guanidine groups is 1. The summed E-state index contributed by atoms with van der Waals surface area (Å²) in [6.07, 6.45) is 3.28. The number of ether oxygens (including phenoxy) is 1. The molecule has 0 radical (unpaired) electrons. The van der Waals surface area contributed by atoms with E-state index in [0.717, 1.165) is 61.3 Å². The van der Waals surface area contributed by atoms with Gasteiger partial charge in [-0.2, -0.15) is 0 Å². The number of thiazole rings is 1. The van der Waals surface area contributed by atoms with E-state index in [9.17, 15) is 0 Å². The van der Waals surface area contributed by atoms with Crippen LogP contribution in [0.1, 0.15) is 36.0 Å². The third-order valence-electron chi connectivity index (χ3n) is 4.06. The van der Waals surface area contributed by atoms with Crippen molar-refractivity contribution in [3.05, 3.63) is 45.9 Å². The maximum absolute atomic E-state index is 5.19. The van der Waals surface area contributed by atoms with Gasteiger partial charge < -0.3 is 15.0 Å². The Morgan fingerprint density at radius 3 is 2.65 bits per heavy atom. The summed E-state index contributed by atoms with van der Waals surface area (Å²) in [5.74, 6) is 1.86.